The van der Waals surface area contributed by atoms with Crippen molar-refractivity contribution in [3.63, 3.8) is 0 Å². The van der Waals surface area contributed by atoms with Crippen molar-refractivity contribution in [1.29, 1.82) is 0 Å². The van der Waals surface area contributed by atoms with Crippen molar-refractivity contribution in [3.8, 4) is 17.6 Å². The average Bonchev–Trinajstić information content (AvgIpc) is 2.45. The first kappa shape index (κ1) is 16.6. The zero-order valence-electron chi connectivity index (χ0n) is 13.8. The Morgan fingerprint density at radius 1 is 1.10 bits per heavy atom. The van der Waals surface area contributed by atoms with E-state index in [1.165, 1.54) is 16.7 Å². The highest BCUT2D eigenvalue weighted by Gasteiger charge is 2.17. The lowest BCUT2D eigenvalue weighted by atomic mass is 9.85. The molecule has 1 nitrogen and oxygen atoms in total. The molecule has 2 unspecified atom stereocenters. The summed E-state index contributed by atoms with van der Waals surface area (Å²) >= 11 is 0. The molecule has 1 aromatic rings. The smallest absolute Gasteiger partial charge is 0.122 e. The van der Waals surface area contributed by atoms with Crippen molar-refractivity contribution >= 4 is 0 Å². The van der Waals surface area contributed by atoms with Gasteiger partial charge in [-0.1, -0.05) is 39.7 Å². The van der Waals surface area contributed by atoms with Gasteiger partial charge in [0.05, 0.1) is 6.61 Å². The normalized spacial score (nSPS) is 13.3. The summed E-state index contributed by atoms with van der Waals surface area (Å²) in [5, 5.41) is 0. The predicted molar refractivity (Wildman–Crippen MR) is 87.3 cm³/mol. The molecule has 0 aliphatic carbocycles. The molecule has 0 aliphatic heterocycles. The van der Waals surface area contributed by atoms with Crippen LogP contribution in [0.5, 0.6) is 5.75 Å². The predicted octanol–water partition coefficient (Wildman–Crippen LogP) is 5.25. The molecule has 0 saturated heterocycles. The molecule has 0 aliphatic rings. The molecular weight excluding hydrogens is 244 g/mol. The molecule has 0 heterocycles. The van der Waals surface area contributed by atoms with Crippen molar-refractivity contribution in [2.75, 3.05) is 6.61 Å². The van der Waals surface area contributed by atoms with Gasteiger partial charge in [0, 0.05) is 12.3 Å². The molecule has 2 atom stereocenters. The Kier molecular flexibility index (Phi) is 6.65. The third kappa shape index (κ3) is 4.04. The topological polar surface area (TPSA) is 9.23 Å². The minimum Gasteiger partial charge on any atom is -0.493 e. The van der Waals surface area contributed by atoms with Gasteiger partial charge in [-0.3, -0.25) is 0 Å². The second kappa shape index (κ2) is 8.00. The van der Waals surface area contributed by atoms with E-state index in [1.54, 1.807) is 0 Å². The lowest BCUT2D eigenvalue weighted by Gasteiger charge is -2.21. The van der Waals surface area contributed by atoms with E-state index in [0.717, 1.165) is 25.2 Å². The van der Waals surface area contributed by atoms with Gasteiger partial charge in [0.1, 0.15) is 5.75 Å². The van der Waals surface area contributed by atoms with Crippen molar-refractivity contribution in [1.82, 2.24) is 0 Å². The second-order valence-corrected chi connectivity index (χ2v) is 5.50. The van der Waals surface area contributed by atoms with Crippen LogP contribution in [0.3, 0.4) is 0 Å². The number of ether oxygens (including phenoxy) is 1. The number of hydrogen-bond acceptors (Lipinski definition) is 1. The Balaban J connectivity index is 2.99. The monoisotopic (exact) mass is 272 g/mol. The maximum absolute atomic E-state index is 5.80. The molecule has 0 amide bonds. The van der Waals surface area contributed by atoms with Gasteiger partial charge in [0.15, 0.2) is 0 Å². The van der Waals surface area contributed by atoms with Gasteiger partial charge in [-0.25, -0.2) is 0 Å². The minimum absolute atomic E-state index is 0.385. The molecule has 1 heteroatoms. The van der Waals surface area contributed by atoms with Crippen LogP contribution >= 0.6 is 0 Å². The van der Waals surface area contributed by atoms with Crippen LogP contribution in [-0.2, 0) is 0 Å². The fourth-order valence-corrected chi connectivity index (χ4v) is 2.34. The number of benzene rings is 1. The molecule has 0 fully saturated rings. The highest BCUT2D eigenvalue weighted by Crippen LogP contribution is 2.32. The summed E-state index contributed by atoms with van der Waals surface area (Å²) in [4.78, 5) is 0. The summed E-state index contributed by atoms with van der Waals surface area (Å²) in [6.07, 6.45) is 1.97. The molecule has 1 aromatic carbocycles. The zero-order chi connectivity index (χ0) is 15.1. The second-order valence-electron chi connectivity index (χ2n) is 5.50. The molecule has 0 bridgehead atoms. The fraction of sp³-hybridized carbons (Fsp3) is 0.579. The number of rotatable bonds is 5. The maximum atomic E-state index is 5.80. The van der Waals surface area contributed by atoms with Gasteiger partial charge < -0.3 is 4.74 Å². The molecule has 20 heavy (non-hydrogen) atoms. The van der Waals surface area contributed by atoms with Crippen LogP contribution in [0, 0.1) is 31.6 Å². The third-order valence-electron chi connectivity index (χ3n) is 3.99. The Morgan fingerprint density at radius 3 is 2.40 bits per heavy atom. The lowest BCUT2D eigenvalue weighted by Crippen LogP contribution is -2.08. The van der Waals surface area contributed by atoms with Crippen molar-refractivity contribution in [3.05, 3.63) is 28.8 Å². The summed E-state index contributed by atoms with van der Waals surface area (Å²) in [6, 6.07) is 4.33. The van der Waals surface area contributed by atoms with E-state index in [9.17, 15) is 0 Å². The van der Waals surface area contributed by atoms with Crippen molar-refractivity contribution in [2.24, 2.45) is 5.92 Å². The molecule has 0 aromatic heterocycles. The molecule has 0 N–H and O–H groups in total. The van der Waals surface area contributed by atoms with Crippen LogP contribution < -0.4 is 4.74 Å². The average molecular weight is 272 g/mol. The van der Waals surface area contributed by atoms with Crippen LogP contribution in [-0.4, -0.2) is 6.61 Å². The maximum Gasteiger partial charge on any atom is 0.122 e. The number of hydrogen-bond donors (Lipinski definition) is 0. The van der Waals surface area contributed by atoms with Crippen LogP contribution in [0.2, 0.25) is 0 Å². The first-order chi connectivity index (χ1) is 9.52. The Morgan fingerprint density at radius 2 is 1.80 bits per heavy atom. The van der Waals surface area contributed by atoms with E-state index in [0.29, 0.717) is 11.8 Å². The van der Waals surface area contributed by atoms with Gasteiger partial charge in [0.25, 0.3) is 0 Å². The lowest BCUT2D eigenvalue weighted by molar-refractivity contribution is 0.315. The fourth-order valence-electron chi connectivity index (χ4n) is 2.34. The van der Waals surface area contributed by atoms with Crippen LogP contribution in [0.25, 0.3) is 0 Å². The largest absolute Gasteiger partial charge is 0.493 e. The van der Waals surface area contributed by atoms with Crippen molar-refractivity contribution in [2.45, 2.75) is 60.3 Å². The summed E-state index contributed by atoms with van der Waals surface area (Å²) in [5.41, 5.74) is 4.00. The zero-order valence-corrected chi connectivity index (χ0v) is 13.8. The van der Waals surface area contributed by atoms with Crippen LogP contribution in [0.15, 0.2) is 12.1 Å². The standard InChI is InChI=1S/C19H28O/c1-7-9-10-14(3)15(4)18-11-12-19(20-13-8-2)17(6)16(18)5/h11-12,14-15H,7-8,13H2,1-6H3. The molecule has 0 radical (unpaired) electrons. The van der Waals surface area contributed by atoms with Gasteiger partial charge in [-0.05, 0) is 48.9 Å². The summed E-state index contributed by atoms with van der Waals surface area (Å²) < 4.78 is 5.80. The Bertz CT molecular complexity index is 490. The van der Waals surface area contributed by atoms with Crippen LogP contribution in [0.4, 0.5) is 0 Å². The van der Waals surface area contributed by atoms with Gasteiger partial charge in [-0.2, -0.15) is 0 Å². The SMILES string of the molecule is CCC#CC(C)C(C)c1ccc(OCCC)c(C)c1C. The molecule has 1 rings (SSSR count). The Labute approximate surface area is 124 Å². The van der Waals surface area contributed by atoms with E-state index in [2.05, 4.69) is 65.5 Å². The first-order valence-electron chi connectivity index (χ1n) is 7.74. The summed E-state index contributed by atoms with van der Waals surface area (Å²) in [7, 11) is 0. The first-order valence-corrected chi connectivity index (χ1v) is 7.74. The quantitative estimate of drug-likeness (QED) is 0.666. The van der Waals surface area contributed by atoms with Gasteiger partial charge in [0.2, 0.25) is 0 Å². The Hall–Kier alpha value is -1.42. The van der Waals surface area contributed by atoms with Crippen molar-refractivity contribution < 1.29 is 4.74 Å². The van der Waals surface area contributed by atoms with E-state index >= 15 is 0 Å². The highest BCUT2D eigenvalue weighted by molar-refractivity contribution is 5.45. The van der Waals surface area contributed by atoms with E-state index in [-0.39, 0.29) is 0 Å². The van der Waals surface area contributed by atoms with Gasteiger partial charge in [-0.15, -0.1) is 5.92 Å². The summed E-state index contributed by atoms with van der Waals surface area (Å²) in [6.45, 7) is 13.8. The molecular formula is C19H28O. The molecule has 0 spiro atoms. The highest BCUT2D eigenvalue weighted by atomic mass is 16.5. The van der Waals surface area contributed by atoms with Gasteiger partial charge >= 0.3 is 0 Å². The minimum atomic E-state index is 0.385. The van der Waals surface area contributed by atoms with E-state index in [4.69, 9.17) is 4.74 Å². The molecule has 110 valence electrons. The van der Waals surface area contributed by atoms with E-state index in [1.807, 2.05) is 0 Å². The summed E-state index contributed by atoms with van der Waals surface area (Å²) in [5.74, 6) is 8.40. The van der Waals surface area contributed by atoms with E-state index < -0.39 is 0 Å². The molecule has 0 saturated carbocycles. The van der Waals surface area contributed by atoms with Crippen LogP contribution in [0.1, 0.15) is 63.1 Å². The third-order valence-corrected chi connectivity index (χ3v) is 3.99.